The highest BCUT2D eigenvalue weighted by molar-refractivity contribution is 7.98. The Morgan fingerprint density at radius 2 is 1.79 bits per heavy atom. The van der Waals surface area contributed by atoms with Gasteiger partial charge in [0.2, 0.25) is 5.91 Å². The lowest BCUT2D eigenvalue weighted by Gasteiger charge is -2.31. The van der Waals surface area contributed by atoms with Crippen molar-refractivity contribution in [2.45, 2.75) is 25.1 Å². The number of carbonyl (C=O) groups excluding carboxylic acids is 1. The van der Waals surface area contributed by atoms with Crippen LogP contribution in [0.25, 0.3) is 0 Å². The molecule has 1 amide bonds. The third-order valence-electron chi connectivity index (χ3n) is 4.98. The molecule has 0 unspecified atom stereocenters. The number of benzene rings is 2. The minimum absolute atomic E-state index is 0.136. The lowest BCUT2D eigenvalue weighted by Crippen LogP contribution is -2.40. The molecule has 1 fully saturated rings. The fourth-order valence-electron chi connectivity index (χ4n) is 3.41. The second-order valence-corrected chi connectivity index (χ2v) is 9.13. The quantitative estimate of drug-likeness (QED) is 0.573. The van der Waals surface area contributed by atoms with Crippen LogP contribution in [0, 0.1) is 5.92 Å². The van der Waals surface area contributed by atoms with Gasteiger partial charge in [0, 0.05) is 40.6 Å². The van der Waals surface area contributed by atoms with Crippen molar-refractivity contribution in [1.82, 2.24) is 10.2 Å². The maximum absolute atomic E-state index is 12.4. The summed E-state index contributed by atoms with van der Waals surface area (Å²) in [6, 6.07) is 15.9. The highest BCUT2D eigenvalue weighted by atomic mass is 35.5. The molecule has 28 heavy (non-hydrogen) atoms. The molecule has 1 N–H and O–H groups in total. The zero-order valence-electron chi connectivity index (χ0n) is 15.9. The third kappa shape index (κ3) is 7.00. The maximum atomic E-state index is 12.4. The van der Waals surface area contributed by atoms with E-state index in [1.165, 1.54) is 11.1 Å². The molecule has 2 aromatic carbocycles. The molecule has 3 rings (SSSR count). The van der Waals surface area contributed by atoms with E-state index in [1.54, 1.807) is 0 Å². The summed E-state index contributed by atoms with van der Waals surface area (Å²) in [5, 5.41) is 4.64. The van der Waals surface area contributed by atoms with Crippen molar-refractivity contribution in [3.05, 3.63) is 69.7 Å². The van der Waals surface area contributed by atoms with Gasteiger partial charge in [0.25, 0.3) is 0 Å². The molecule has 6 heteroatoms. The summed E-state index contributed by atoms with van der Waals surface area (Å²) >= 11 is 13.8. The van der Waals surface area contributed by atoms with Crippen molar-refractivity contribution in [2.75, 3.05) is 25.4 Å². The van der Waals surface area contributed by atoms with Gasteiger partial charge >= 0.3 is 0 Å². The molecule has 0 bridgehead atoms. The van der Waals surface area contributed by atoms with Crippen LogP contribution in [0.2, 0.25) is 10.0 Å². The number of nitrogens with zero attached hydrogens (tertiary/aromatic N) is 1. The van der Waals surface area contributed by atoms with Crippen LogP contribution in [0.1, 0.15) is 24.0 Å². The number of piperidine rings is 1. The number of rotatable bonds is 8. The van der Waals surface area contributed by atoms with Crippen molar-refractivity contribution in [1.29, 1.82) is 0 Å². The molecule has 2 aromatic rings. The van der Waals surface area contributed by atoms with E-state index < -0.39 is 0 Å². The van der Waals surface area contributed by atoms with E-state index in [4.69, 9.17) is 23.2 Å². The molecule has 150 valence electrons. The van der Waals surface area contributed by atoms with E-state index in [0.717, 1.165) is 60.6 Å². The van der Waals surface area contributed by atoms with Crippen LogP contribution < -0.4 is 5.32 Å². The molecular formula is C22H26Cl2N2OS. The molecule has 0 spiro atoms. The van der Waals surface area contributed by atoms with E-state index in [0.29, 0.717) is 0 Å². The van der Waals surface area contributed by atoms with E-state index in [-0.39, 0.29) is 11.8 Å². The third-order valence-corrected chi connectivity index (χ3v) is 6.50. The van der Waals surface area contributed by atoms with E-state index in [9.17, 15) is 4.79 Å². The Morgan fingerprint density at radius 1 is 1.04 bits per heavy atom. The van der Waals surface area contributed by atoms with Gasteiger partial charge in [-0.05, 0) is 61.3 Å². The highest BCUT2D eigenvalue weighted by Gasteiger charge is 2.24. The second-order valence-electron chi connectivity index (χ2n) is 7.15. The molecule has 0 aromatic heterocycles. The maximum Gasteiger partial charge on any atom is 0.223 e. The molecule has 0 saturated carbocycles. The Kier molecular flexibility index (Phi) is 8.53. The zero-order chi connectivity index (χ0) is 19.8. The lowest BCUT2D eigenvalue weighted by molar-refractivity contribution is -0.126. The van der Waals surface area contributed by atoms with Crippen LogP contribution >= 0.6 is 35.0 Å². The van der Waals surface area contributed by atoms with Gasteiger partial charge in [-0.2, -0.15) is 11.8 Å². The molecule has 1 heterocycles. The van der Waals surface area contributed by atoms with Gasteiger partial charge < -0.3 is 5.32 Å². The van der Waals surface area contributed by atoms with Gasteiger partial charge in [-0.15, -0.1) is 0 Å². The van der Waals surface area contributed by atoms with Gasteiger partial charge in [0.15, 0.2) is 0 Å². The first-order chi connectivity index (χ1) is 13.6. The molecular weight excluding hydrogens is 411 g/mol. The molecule has 0 atom stereocenters. The van der Waals surface area contributed by atoms with Crippen LogP contribution in [0.3, 0.4) is 0 Å². The first-order valence-corrected chi connectivity index (χ1v) is 11.6. The molecule has 0 radical (unpaired) electrons. The predicted octanol–water partition coefficient (Wildman–Crippen LogP) is 5.26. The van der Waals surface area contributed by atoms with Gasteiger partial charge in [-0.1, -0.05) is 47.5 Å². The standard InChI is InChI=1S/C22H26Cl2N2OS/c23-20-6-4-17(5-7-20)16-28-13-10-25-22(27)19-8-11-26(12-9-19)15-18-2-1-3-21(24)14-18/h1-7,14,19H,8-13,15-16H2,(H,25,27). The van der Waals surface area contributed by atoms with Crippen LogP contribution in [0.5, 0.6) is 0 Å². The molecule has 1 aliphatic heterocycles. The SMILES string of the molecule is O=C(NCCSCc1ccc(Cl)cc1)C1CCN(Cc2cccc(Cl)c2)CC1. The van der Waals surface area contributed by atoms with Crippen LogP contribution in [0.15, 0.2) is 48.5 Å². The summed E-state index contributed by atoms with van der Waals surface area (Å²) in [5.41, 5.74) is 2.49. The summed E-state index contributed by atoms with van der Waals surface area (Å²) < 4.78 is 0. The van der Waals surface area contributed by atoms with Gasteiger partial charge in [-0.3, -0.25) is 9.69 Å². The molecule has 3 nitrogen and oxygen atoms in total. The van der Waals surface area contributed by atoms with Crippen LogP contribution in [0.4, 0.5) is 0 Å². The first-order valence-electron chi connectivity index (χ1n) is 9.67. The topological polar surface area (TPSA) is 32.3 Å². The number of amides is 1. The summed E-state index contributed by atoms with van der Waals surface area (Å²) in [6.07, 6.45) is 1.84. The molecule has 0 aliphatic carbocycles. The Morgan fingerprint density at radius 3 is 2.50 bits per heavy atom. The van der Waals surface area contributed by atoms with Crippen molar-refractivity contribution < 1.29 is 4.79 Å². The monoisotopic (exact) mass is 436 g/mol. The lowest BCUT2D eigenvalue weighted by atomic mass is 9.95. The largest absolute Gasteiger partial charge is 0.355 e. The predicted molar refractivity (Wildman–Crippen MR) is 120 cm³/mol. The highest BCUT2D eigenvalue weighted by Crippen LogP contribution is 2.20. The summed E-state index contributed by atoms with van der Waals surface area (Å²) in [7, 11) is 0. The second kappa shape index (κ2) is 11.1. The number of likely N-dealkylation sites (tertiary alicyclic amines) is 1. The van der Waals surface area contributed by atoms with Crippen molar-refractivity contribution >= 4 is 40.9 Å². The fourth-order valence-corrected chi connectivity index (χ4v) is 4.57. The normalized spacial score (nSPS) is 15.5. The number of hydrogen-bond acceptors (Lipinski definition) is 3. The van der Waals surface area contributed by atoms with E-state index in [2.05, 4.69) is 16.3 Å². The molecule has 1 aliphatic rings. The summed E-state index contributed by atoms with van der Waals surface area (Å²) in [6.45, 7) is 3.53. The van der Waals surface area contributed by atoms with Gasteiger partial charge in [-0.25, -0.2) is 0 Å². The van der Waals surface area contributed by atoms with Gasteiger partial charge in [0.1, 0.15) is 0 Å². The Labute approximate surface area is 181 Å². The Balaban J connectivity index is 1.30. The smallest absolute Gasteiger partial charge is 0.223 e. The van der Waals surface area contributed by atoms with Crippen LogP contribution in [-0.4, -0.2) is 36.2 Å². The summed E-state index contributed by atoms with van der Waals surface area (Å²) in [5.74, 6) is 2.20. The molecule has 1 saturated heterocycles. The number of carbonyl (C=O) groups is 1. The Hall–Kier alpha value is -1.20. The van der Waals surface area contributed by atoms with Crippen LogP contribution in [-0.2, 0) is 17.1 Å². The minimum Gasteiger partial charge on any atom is -0.355 e. The van der Waals surface area contributed by atoms with Crippen molar-refractivity contribution in [3.8, 4) is 0 Å². The number of thioether (sulfide) groups is 1. The van der Waals surface area contributed by atoms with E-state index >= 15 is 0 Å². The average Bonchev–Trinajstić information content (AvgIpc) is 2.69. The fraction of sp³-hybridized carbons (Fsp3) is 0.409. The average molecular weight is 437 g/mol. The van der Waals surface area contributed by atoms with Crippen molar-refractivity contribution in [2.24, 2.45) is 5.92 Å². The minimum atomic E-state index is 0.136. The number of hydrogen-bond donors (Lipinski definition) is 1. The van der Waals surface area contributed by atoms with Crippen molar-refractivity contribution in [3.63, 3.8) is 0 Å². The Bertz CT molecular complexity index is 761. The van der Waals surface area contributed by atoms with Gasteiger partial charge in [0.05, 0.1) is 0 Å². The van der Waals surface area contributed by atoms with E-state index in [1.807, 2.05) is 54.2 Å². The number of halogens is 2. The number of nitrogens with one attached hydrogen (secondary N) is 1. The first kappa shape index (κ1) is 21.5. The summed E-state index contributed by atoms with van der Waals surface area (Å²) in [4.78, 5) is 14.8. The zero-order valence-corrected chi connectivity index (χ0v) is 18.2.